The molecule has 0 amide bonds. The highest BCUT2D eigenvalue weighted by atomic mass is 19.1. The standard InChI is InChI=1S/C7H13F.C2H6.H2O/c1-6-4-2-3-5-7(6)8;1-2;/h6-7H,2-5H2,1H3;1-2H3;1H2/t6-,7?;;/m0../s1. The monoisotopic (exact) mass is 164 g/mol. The molecule has 1 aliphatic carbocycles. The fraction of sp³-hybridized carbons (Fsp3) is 1.00. The summed E-state index contributed by atoms with van der Waals surface area (Å²) in [5, 5.41) is 0. The second kappa shape index (κ2) is 7.99. The largest absolute Gasteiger partial charge is 0.412 e. The minimum absolute atomic E-state index is 0. The zero-order chi connectivity index (χ0) is 7.98. The molecule has 2 N–H and O–H groups in total. The van der Waals surface area contributed by atoms with Gasteiger partial charge in [0.2, 0.25) is 0 Å². The molecule has 0 aromatic heterocycles. The summed E-state index contributed by atoms with van der Waals surface area (Å²) in [4.78, 5) is 0. The van der Waals surface area contributed by atoms with Crippen molar-refractivity contribution in [2.24, 2.45) is 5.92 Å². The van der Waals surface area contributed by atoms with Crippen LogP contribution in [0.3, 0.4) is 0 Å². The van der Waals surface area contributed by atoms with Crippen molar-refractivity contribution in [1.29, 1.82) is 0 Å². The van der Waals surface area contributed by atoms with Crippen LogP contribution in [-0.4, -0.2) is 11.6 Å². The van der Waals surface area contributed by atoms with Crippen molar-refractivity contribution in [1.82, 2.24) is 0 Å². The van der Waals surface area contributed by atoms with E-state index in [0.717, 1.165) is 19.3 Å². The molecule has 0 bridgehead atoms. The smallest absolute Gasteiger partial charge is 0.103 e. The minimum atomic E-state index is -0.497. The molecular formula is C9H21FO. The highest BCUT2D eigenvalue weighted by molar-refractivity contribution is 4.70. The van der Waals surface area contributed by atoms with E-state index in [9.17, 15) is 4.39 Å². The van der Waals surface area contributed by atoms with E-state index in [1.807, 2.05) is 20.8 Å². The summed E-state index contributed by atoms with van der Waals surface area (Å²) in [6.07, 6.45) is 3.75. The maximum atomic E-state index is 12.6. The lowest BCUT2D eigenvalue weighted by Gasteiger charge is -2.21. The average Bonchev–Trinajstić information content (AvgIpc) is 2.00. The molecule has 1 rings (SSSR count). The maximum absolute atomic E-state index is 12.6. The molecule has 1 nitrogen and oxygen atoms in total. The first-order valence-corrected chi connectivity index (χ1v) is 4.45. The Balaban J connectivity index is 0. The topological polar surface area (TPSA) is 31.5 Å². The normalized spacial score (nSPS) is 29.5. The summed E-state index contributed by atoms with van der Waals surface area (Å²) in [6.45, 7) is 6.00. The third-order valence-corrected chi connectivity index (χ3v) is 2.01. The van der Waals surface area contributed by atoms with Crippen LogP contribution in [-0.2, 0) is 0 Å². The third-order valence-electron chi connectivity index (χ3n) is 2.01. The van der Waals surface area contributed by atoms with E-state index < -0.39 is 6.17 Å². The number of alkyl halides is 1. The van der Waals surface area contributed by atoms with Crippen molar-refractivity contribution in [3.63, 3.8) is 0 Å². The van der Waals surface area contributed by atoms with Gasteiger partial charge in [-0.2, -0.15) is 0 Å². The Morgan fingerprint density at radius 1 is 1.09 bits per heavy atom. The molecule has 1 fully saturated rings. The van der Waals surface area contributed by atoms with Gasteiger partial charge in [0.15, 0.2) is 0 Å². The van der Waals surface area contributed by atoms with E-state index in [1.54, 1.807) is 0 Å². The summed E-state index contributed by atoms with van der Waals surface area (Å²) in [6, 6.07) is 0. The van der Waals surface area contributed by atoms with Crippen LogP contribution >= 0.6 is 0 Å². The molecule has 2 heteroatoms. The van der Waals surface area contributed by atoms with Gasteiger partial charge >= 0.3 is 0 Å². The van der Waals surface area contributed by atoms with Crippen molar-refractivity contribution in [2.75, 3.05) is 0 Å². The van der Waals surface area contributed by atoms with Crippen molar-refractivity contribution >= 4 is 0 Å². The van der Waals surface area contributed by atoms with Crippen LogP contribution in [0.2, 0.25) is 0 Å². The molecule has 1 aliphatic rings. The van der Waals surface area contributed by atoms with Gasteiger partial charge in [0, 0.05) is 0 Å². The second-order valence-electron chi connectivity index (χ2n) is 2.78. The van der Waals surface area contributed by atoms with E-state index in [1.165, 1.54) is 6.42 Å². The highest BCUT2D eigenvalue weighted by Crippen LogP contribution is 2.25. The quantitative estimate of drug-likeness (QED) is 0.527. The fourth-order valence-corrected chi connectivity index (χ4v) is 1.27. The first-order chi connectivity index (χ1) is 4.80. The maximum Gasteiger partial charge on any atom is 0.103 e. The number of rotatable bonds is 0. The van der Waals surface area contributed by atoms with Crippen LogP contribution in [0.15, 0.2) is 0 Å². The predicted octanol–water partition coefficient (Wildman–Crippen LogP) is 2.74. The van der Waals surface area contributed by atoms with E-state index in [2.05, 4.69) is 0 Å². The van der Waals surface area contributed by atoms with Crippen molar-refractivity contribution < 1.29 is 9.87 Å². The van der Waals surface area contributed by atoms with Crippen molar-refractivity contribution in [3.8, 4) is 0 Å². The van der Waals surface area contributed by atoms with Crippen LogP contribution in [0.25, 0.3) is 0 Å². The molecule has 1 unspecified atom stereocenters. The zero-order valence-electron chi connectivity index (χ0n) is 7.86. The summed E-state index contributed by atoms with van der Waals surface area (Å²) >= 11 is 0. The molecule has 0 aromatic carbocycles. The Morgan fingerprint density at radius 3 is 1.82 bits per heavy atom. The fourth-order valence-electron chi connectivity index (χ4n) is 1.27. The number of hydrogen-bond acceptors (Lipinski definition) is 0. The summed E-state index contributed by atoms with van der Waals surface area (Å²) < 4.78 is 12.6. The Kier molecular flexibility index (Phi) is 9.79. The summed E-state index contributed by atoms with van der Waals surface area (Å²) in [5.74, 6) is 0.337. The van der Waals surface area contributed by atoms with Crippen LogP contribution < -0.4 is 0 Å². The lowest BCUT2D eigenvalue weighted by molar-refractivity contribution is 0.179. The molecule has 0 aliphatic heterocycles. The van der Waals surface area contributed by atoms with E-state index in [4.69, 9.17) is 0 Å². The molecule has 0 radical (unpaired) electrons. The summed E-state index contributed by atoms with van der Waals surface area (Å²) in [7, 11) is 0. The van der Waals surface area contributed by atoms with Gasteiger partial charge in [-0.3, -0.25) is 0 Å². The lowest BCUT2D eigenvalue weighted by Crippen LogP contribution is -2.16. The van der Waals surface area contributed by atoms with Gasteiger partial charge in [0.05, 0.1) is 0 Å². The van der Waals surface area contributed by atoms with Crippen LogP contribution in [0.1, 0.15) is 46.5 Å². The SMILES string of the molecule is CC.C[C@H]1CCCCC1F.O. The predicted molar refractivity (Wildman–Crippen MR) is 47.5 cm³/mol. The molecule has 0 heterocycles. The Hall–Kier alpha value is -0.110. The van der Waals surface area contributed by atoms with Gasteiger partial charge < -0.3 is 5.48 Å². The second-order valence-corrected chi connectivity index (χ2v) is 2.78. The molecule has 0 saturated heterocycles. The van der Waals surface area contributed by atoms with Gasteiger partial charge in [-0.05, 0) is 18.8 Å². The lowest BCUT2D eigenvalue weighted by atomic mass is 9.89. The van der Waals surface area contributed by atoms with E-state index in [-0.39, 0.29) is 5.48 Å². The average molecular weight is 164 g/mol. The molecule has 0 spiro atoms. The van der Waals surface area contributed by atoms with Gasteiger partial charge in [-0.1, -0.05) is 33.6 Å². The van der Waals surface area contributed by atoms with Gasteiger partial charge in [0.1, 0.15) is 6.17 Å². The van der Waals surface area contributed by atoms with E-state index >= 15 is 0 Å². The number of hydrogen-bond donors (Lipinski definition) is 0. The summed E-state index contributed by atoms with van der Waals surface area (Å²) in [5.41, 5.74) is 0. The first kappa shape index (κ1) is 13.5. The first-order valence-electron chi connectivity index (χ1n) is 4.45. The van der Waals surface area contributed by atoms with Gasteiger partial charge in [0.25, 0.3) is 0 Å². The van der Waals surface area contributed by atoms with Crippen LogP contribution in [0.4, 0.5) is 4.39 Å². The minimum Gasteiger partial charge on any atom is -0.412 e. The molecule has 0 aromatic rings. The third kappa shape index (κ3) is 5.19. The van der Waals surface area contributed by atoms with Gasteiger partial charge in [-0.25, -0.2) is 4.39 Å². The molecular weight excluding hydrogens is 143 g/mol. The zero-order valence-corrected chi connectivity index (χ0v) is 7.86. The Morgan fingerprint density at radius 2 is 1.55 bits per heavy atom. The molecule has 2 atom stereocenters. The van der Waals surface area contributed by atoms with Crippen molar-refractivity contribution in [3.05, 3.63) is 0 Å². The van der Waals surface area contributed by atoms with Crippen molar-refractivity contribution in [2.45, 2.75) is 52.6 Å². The highest BCUT2D eigenvalue weighted by Gasteiger charge is 2.19. The number of halogens is 1. The molecule has 11 heavy (non-hydrogen) atoms. The Labute approximate surface area is 69.3 Å². The van der Waals surface area contributed by atoms with E-state index in [0.29, 0.717) is 5.92 Å². The van der Waals surface area contributed by atoms with Crippen LogP contribution in [0, 0.1) is 5.92 Å². The molecule has 70 valence electrons. The Bertz CT molecular complexity index is 66.0. The van der Waals surface area contributed by atoms with Gasteiger partial charge in [-0.15, -0.1) is 0 Å². The molecule has 1 saturated carbocycles. The van der Waals surface area contributed by atoms with Crippen LogP contribution in [0.5, 0.6) is 0 Å².